The van der Waals surface area contributed by atoms with Crippen molar-refractivity contribution in [2.75, 3.05) is 0 Å². The number of rotatable bonds is 3. The molecule has 1 nitrogen and oxygen atoms in total. The normalized spacial score (nSPS) is 11.8. The van der Waals surface area contributed by atoms with Gasteiger partial charge in [0.2, 0.25) is 0 Å². The third-order valence-electron chi connectivity index (χ3n) is 3.33. The molecule has 1 aromatic heterocycles. The Morgan fingerprint density at radius 3 is 2.40 bits per heavy atom. The van der Waals surface area contributed by atoms with Gasteiger partial charge in [-0.15, -0.1) is 11.3 Å². The maximum atomic E-state index is 4.61. The summed E-state index contributed by atoms with van der Waals surface area (Å²) in [5.74, 6) is 0.581. The fourth-order valence-corrected chi connectivity index (χ4v) is 2.99. The van der Waals surface area contributed by atoms with Crippen LogP contribution in [-0.4, -0.2) is 4.98 Å². The number of hydrogen-bond acceptors (Lipinski definition) is 2. The van der Waals surface area contributed by atoms with Crippen molar-refractivity contribution in [1.82, 2.24) is 4.98 Å². The minimum absolute atomic E-state index is 0.581. The van der Waals surface area contributed by atoms with Crippen LogP contribution in [0.1, 0.15) is 35.9 Å². The van der Waals surface area contributed by atoms with E-state index in [-0.39, 0.29) is 0 Å². The minimum atomic E-state index is 0.581. The van der Waals surface area contributed by atoms with Crippen LogP contribution in [-0.2, 0) is 0 Å². The van der Waals surface area contributed by atoms with E-state index < -0.39 is 0 Å². The van der Waals surface area contributed by atoms with Crippen molar-refractivity contribution in [3.8, 4) is 0 Å². The number of fused-ring (bicyclic) bond motifs is 1. The summed E-state index contributed by atoms with van der Waals surface area (Å²) in [6.07, 6.45) is 4.22. The average molecular weight is 279 g/mol. The molecule has 0 aliphatic rings. The first-order valence-electron chi connectivity index (χ1n) is 6.86. The number of benzene rings is 2. The molecule has 0 saturated carbocycles. The molecule has 100 valence electrons. The highest BCUT2D eigenvalue weighted by Gasteiger charge is 2.00. The van der Waals surface area contributed by atoms with Crippen LogP contribution in [0, 0.1) is 0 Å². The number of para-hydroxylation sites is 1. The Bertz CT molecular complexity index is 702. The molecule has 0 N–H and O–H groups in total. The standard InChI is InChI=1S/C18H17NS/c1-13(2)15-10-7-14(8-11-15)9-12-18-19-16-5-3-4-6-17(16)20-18/h3-13H,1-2H3/b12-9+. The molecule has 0 bridgehead atoms. The first kappa shape index (κ1) is 13.1. The van der Waals surface area contributed by atoms with Crippen molar-refractivity contribution in [2.24, 2.45) is 0 Å². The lowest BCUT2D eigenvalue weighted by atomic mass is 10.0. The molecule has 0 aliphatic heterocycles. The van der Waals surface area contributed by atoms with Crippen LogP contribution in [0.2, 0.25) is 0 Å². The van der Waals surface area contributed by atoms with Gasteiger partial charge in [0.05, 0.1) is 10.2 Å². The zero-order valence-electron chi connectivity index (χ0n) is 11.7. The van der Waals surface area contributed by atoms with E-state index in [9.17, 15) is 0 Å². The topological polar surface area (TPSA) is 12.9 Å². The number of thiazole rings is 1. The van der Waals surface area contributed by atoms with E-state index in [1.54, 1.807) is 11.3 Å². The van der Waals surface area contributed by atoms with Gasteiger partial charge in [0, 0.05) is 0 Å². The molecule has 0 atom stereocenters. The van der Waals surface area contributed by atoms with Crippen molar-refractivity contribution in [3.05, 3.63) is 64.7 Å². The Morgan fingerprint density at radius 1 is 0.950 bits per heavy atom. The molecule has 2 heteroatoms. The van der Waals surface area contributed by atoms with Gasteiger partial charge in [-0.2, -0.15) is 0 Å². The molecule has 2 aromatic carbocycles. The van der Waals surface area contributed by atoms with Crippen LogP contribution >= 0.6 is 11.3 Å². The summed E-state index contributed by atoms with van der Waals surface area (Å²) in [7, 11) is 0. The third-order valence-corrected chi connectivity index (χ3v) is 4.33. The Labute approximate surface area is 123 Å². The van der Waals surface area contributed by atoms with Crippen LogP contribution in [0.5, 0.6) is 0 Å². The highest BCUT2D eigenvalue weighted by Crippen LogP contribution is 2.23. The summed E-state index contributed by atoms with van der Waals surface area (Å²) in [5.41, 5.74) is 3.67. The van der Waals surface area contributed by atoms with Crippen LogP contribution in [0.15, 0.2) is 48.5 Å². The Balaban J connectivity index is 1.82. The Kier molecular flexibility index (Phi) is 3.66. The number of hydrogen-bond donors (Lipinski definition) is 0. The maximum absolute atomic E-state index is 4.61. The summed E-state index contributed by atoms with van der Waals surface area (Å²) >= 11 is 1.73. The van der Waals surface area contributed by atoms with E-state index >= 15 is 0 Å². The van der Waals surface area contributed by atoms with Crippen LogP contribution in [0.3, 0.4) is 0 Å². The molecule has 0 amide bonds. The van der Waals surface area contributed by atoms with E-state index in [1.807, 2.05) is 6.07 Å². The van der Waals surface area contributed by atoms with Gasteiger partial charge in [-0.3, -0.25) is 0 Å². The van der Waals surface area contributed by atoms with Crippen LogP contribution in [0.4, 0.5) is 0 Å². The average Bonchev–Trinajstić information content (AvgIpc) is 2.88. The van der Waals surface area contributed by atoms with Crippen LogP contribution < -0.4 is 0 Å². The molecule has 0 spiro atoms. The zero-order chi connectivity index (χ0) is 13.9. The predicted molar refractivity (Wildman–Crippen MR) is 89.1 cm³/mol. The molecule has 3 rings (SSSR count). The molecule has 0 unspecified atom stereocenters. The highest BCUT2D eigenvalue weighted by atomic mass is 32.1. The minimum Gasteiger partial charge on any atom is -0.237 e. The second-order valence-corrected chi connectivity index (χ2v) is 6.24. The lowest BCUT2D eigenvalue weighted by Crippen LogP contribution is -1.85. The maximum Gasteiger partial charge on any atom is 0.117 e. The van der Waals surface area contributed by atoms with E-state index in [1.165, 1.54) is 15.8 Å². The summed E-state index contributed by atoms with van der Waals surface area (Å²) in [5, 5.41) is 1.05. The molecule has 0 radical (unpaired) electrons. The molecule has 3 aromatic rings. The smallest absolute Gasteiger partial charge is 0.117 e. The van der Waals surface area contributed by atoms with Gasteiger partial charge in [0.25, 0.3) is 0 Å². The zero-order valence-corrected chi connectivity index (χ0v) is 12.5. The van der Waals surface area contributed by atoms with Gasteiger partial charge < -0.3 is 0 Å². The summed E-state index contributed by atoms with van der Waals surface area (Å²) in [6, 6.07) is 17.0. The quantitative estimate of drug-likeness (QED) is 0.609. The lowest BCUT2D eigenvalue weighted by Gasteiger charge is -2.04. The fraction of sp³-hybridized carbons (Fsp3) is 0.167. The SMILES string of the molecule is CC(C)c1ccc(/C=C/c2nc3ccccc3s2)cc1. The van der Waals surface area contributed by atoms with Gasteiger partial charge in [-0.05, 0) is 35.3 Å². The molecular formula is C18H17NS. The first-order valence-corrected chi connectivity index (χ1v) is 7.67. The molecular weight excluding hydrogens is 262 g/mol. The lowest BCUT2D eigenvalue weighted by molar-refractivity contribution is 0.866. The molecule has 1 heterocycles. The van der Waals surface area contributed by atoms with Crippen molar-refractivity contribution in [3.63, 3.8) is 0 Å². The third kappa shape index (κ3) is 2.81. The Hall–Kier alpha value is -1.93. The second-order valence-electron chi connectivity index (χ2n) is 5.17. The first-order chi connectivity index (χ1) is 9.72. The van der Waals surface area contributed by atoms with Gasteiger partial charge >= 0.3 is 0 Å². The second kappa shape index (κ2) is 5.59. The van der Waals surface area contributed by atoms with E-state index in [0.717, 1.165) is 10.5 Å². The summed E-state index contributed by atoms with van der Waals surface area (Å²) in [4.78, 5) is 4.61. The van der Waals surface area contributed by atoms with Crippen molar-refractivity contribution < 1.29 is 0 Å². The molecule has 0 aliphatic carbocycles. The van der Waals surface area contributed by atoms with Crippen molar-refractivity contribution >= 4 is 33.7 Å². The van der Waals surface area contributed by atoms with Crippen molar-refractivity contribution in [2.45, 2.75) is 19.8 Å². The fourth-order valence-electron chi connectivity index (χ4n) is 2.12. The summed E-state index contributed by atoms with van der Waals surface area (Å²) in [6.45, 7) is 4.43. The molecule has 20 heavy (non-hydrogen) atoms. The molecule has 0 saturated heterocycles. The van der Waals surface area contributed by atoms with E-state index in [4.69, 9.17) is 0 Å². The number of aromatic nitrogens is 1. The summed E-state index contributed by atoms with van der Waals surface area (Å²) < 4.78 is 1.24. The van der Waals surface area contributed by atoms with Gasteiger partial charge in [-0.25, -0.2) is 4.98 Å². The molecule has 0 fully saturated rings. The van der Waals surface area contributed by atoms with Gasteiger partial charge in [0.1, 0.15) is 5.01 Å². The highest BCUT2D eigenvalue weighted by molar-refractivity contribution is 7.19. The van der Waals surface area contributed by atoms with Gasteiger partial charge in [-0.1, -0.05) is 56.3 Å². The Morgan fingerprint density at radius 2 is 1.70 bits per heavy atom. The van der Waals surface area contributed by atoms with E-state index in [2.05, 4.69) is 73.4 Å². The predicted octanol–water partition coefficient (Wildman–Crippen LogP) is 5.59. The largest absolute Gasteiger partial charge is 0.237 e. The van der Waals surface area contributed by atoms with E-state index in [0.29, 0.717) is 5.92 Å². The van der Waals surface area contributed by atoms with Crippen molar-refractivity contribution in [1.29, 1.82) is 0 Å². The van der Waals surface area contributed by atoms with Gasteiger partial charge in [0.15, 0.2) is 0 Å². The number of nitrogens with zero attached hydrogens (tertiary/aromatic N) is 1. The van der Waals surface area contributed by atoms with Crippen LogP contribution in [0.25, 0.3) is 22.4 Å². The monoisotopic (exact) mass is 279 g/mol.